The summed E-state index contributed by atoms with van der Waals surface area (Å²) in [6.07, 6.45) is 1.74. The van der Waals surface area contributed by atoms with Crippen molar-refractivity contribution in [1.29, 1.82) is 0 Å². The molecular weight excluding hydrogens is 180 g/mol. The summed E-state index contributed by atoms with van der Waals surface area (Å²) in [5, 5.41) is 19.0. The largest absolute Gasteiger partial charge is 0.507 e. The van der Waals surface area contributed by atoms with Crippen LogP contribution < -0.4 is 0 Å². The Bertz CT molecular complexity index is 343. The number of hydrogen-bond donors (Lipinski definition) is 2. The molecule has 2 rings (SSSR count). The summed E-state index contributed by atoms with van der Waals surface area (Å²) in [6, 6.07) is 4.76. The minimum atomic E-state index is 0.130. The molecule has 74 valence electrons. The first-order valence-electron chi connectivity index (χ1n) is 4.51. The van der Waals surface area contributed by atoms with Gasteiger partial charge in [-0.25, -0.2) is 0 Å². The van der Waals surface area contributed by atoms with Crippen LogP contribution in [0.25, 0.3) is 0 Å². The van der Waals surface area contributed by atoms with Crippen molar-refractivity contribution in [2.24, 2.45) is 4.99 Å². The van der Waals surface area contributed by atoms with E-state index in [1.54, 1.807) is 24.5 Å². The van der Waals surface area contributed by atoms with Crippen LogP contribution in [-0.4, -0.2) is 34.5 Å². The van der Waals surface area contributed by atoms with Gasteiger partial charge in [-0.3, -0.25) is 4.99 Å². The summed E-state index contributed by atoms with van der Waals surface area (Å²) in [6.45, 7) is 2.13. The molecule has 14 heavy (non-hydrogen) atoms. The fourth-order valence-corrected chi connectivity index (χ4v) is 1.46. The average Bonchev–Trinajstić information content (AvgIpc) is 2.64. The summed E-state index contributed by atoms with van der Waals surface area (Å²) < 4.78 is 0. The minimum Gasteiger partial charge on any atom is -0.507 e. The first-order chi connectivity index (χ1) is 6.77. The van der Waals surface area contributed by atoms with Gasteiger partial charge in [0.25, 0.3) is 0 Å². The molecule has 0 bridgehead atoms. The van der Waals surface area contributed by atoms with E-state index in [9.17, 15) is 10.2 Å². The van der Waals surface area contributed by atoms with Crippen molar-refractivity contribution in [3.63, 3.8) is 0 Å². The highest BCUT2D eigenvalue weighted by atomic mass is 16.3. The molecule has 0 unspecified atom stereocenters. The van der Waals surface area contributed by atoms with Gasteiger partial charge in [-0.1, -0.05) is 6.07 Å². The number of hydrogen-bond acceptors (Lipinski definition) is 4. The molecule has 1 heterocycles. The number of rotatable bonds is 2. The lowest BCUT2D eigenvalue weighted by atomic mass is 10.1. The third kappa shape index (κ3) is 1.64. The molecular formula is C10H12N2O2. The van der Waals surface area contributed by atoms with E-state index in [0.29, 0.717) is 12.1 Å². The van der Waals surface area contributed by atoms with Crippen LogP contribution in [0.2, 0.25) is 0 Å². The first kappa shape index (κ1) is 8.87. The summed E-state index contributed by atoms with van der Waals surface area (Å²) in [4.78, 5) is 6.01. The second-order valence-corrected chi connectivity index (χ2v) is 3.27. The van der Waals surface area contributed by atoms with E-state index in [-0.39, 0.29) is 11.5 Å². The van der Waals surface area contributed by atoms with E-state index in [0.717, 1.165) is 13.1 Å². The Kier molecular flexibility index (Phi) is 2.26. The van der Waals surface area contributed by atoms with Crippen molar-refractivity contribution in [2.75, 3.05) is 13.1 Å². The van der Waals surface area contributed by atoms with Crippen molar-refractivity contribution in [1.82, 2.24) is 4.90 Å². The smallest absolute Gasteiger partial charge is 0.124 e. The second kappa shape index (κ2) is 3.57. The lowest BCUT2D eigenvalue weighted by Gasteiger charge is -2.15. The minimum absolute atomic E-state index is 0.130. The van der Waals surface area contributed by atoms with Crippen LogP contribution >= 0.6 is 0 Å². The summed E-state index contributed by atoms with van der Waals surface area (Å²) >= 11 is 0. The second-order valence-electron chi connectivity index (χ2n) is 3.27. The zero-order chi connectivity index (χ0) is 9.97. The molecule has 1 aliphatic rings. The number of aliphatic imine (C=N–C) groups is 1. The predicted molar refractivity (Wildman–Crippen MR) is 53.5 cm³/mol. The Balaban J connectivity index is 2.19. The highest BCUT2D eigenvalue weighted by molar-refractivity contribution is 5.58. The van der Waals surface area contributed by atoms with E-state index in [1.807, 2.05) is 4.90 Å². The zero-order valence-electron chi connectivity index (χ0n) is 7.72. The highest BCUT2D eigenvalue weighted by Crippen LogP contribution is 2.27. The number of benzene rings is 1. The van der Waals surface area contributed by atoms with E-state index in [4.69, 9.17) is 0 Å². The molecule has 0 radical (unpaired) electrons. The molecule has 0 saturated carbocycles. The highest BCUT2D eigenvalue weighted by Gasteiger charge is 2.12. The van der Waals surface area contributed by atoms with E-state index in [1.165, 1.54) is 0 Å². The van der Waals surface area contributed by atoms with Gasteiger partial charge in [0.2, 0.25) is 0 Å². The maximum absolute atomic E-state index is 9.52. The quantitative estimate of drug-likeness (QED) is 0.733. The number of phenolic OH excluding ortho intramolecular Hbond substituents is 2. The van der Waals surface area contributed by atoms with E-state index >= 15 is 0 Å². The van der Waals surface area contributed by atoms with E-state index in [2.05, 4.69) is 4.99 Å². The van der Waals surface area contributed by atoms with Crippen LogP contribution in [0, 0.1) is 0 Å². The molecule has 2 N–H and O–H groups in total. The summed E-state index contributed by atoms with van der Waals surface area (Å²) in [5.41, 5.74) is 0.556. The van der Waals surface area contributed by atoms with Crippen molar-refractivity contribution in [3.8, 4) is 11.5 Å². The third-order valence-corrected chi connectivity index (χ3v) is 2.25. The van der Waals surface area contributed by atoms with Gasteiger partial charge in [0.15, 0.2) is 0 Å². The van der Waals surface area contributed by atoms with Crippen LogP contribution in [-0.2, 0) is 6.54 Å². The summed E-state index contributed by atoms with van der Waals surface area (Å²) in [5.74, 6) is 0.260. The van der Waals surface area contributed by atoms with Crippen LogP contribution in [0.15, 0.2) is 23.2 Å². The Labute approximate surface area is 82.1 Å². The third-order valence-electron chi connectivity index (χ3n) is 2.25. The van der Waals surface area contributed by atoms with Crippen LogP contribution in [0.4, 0.5) is 0 Å². The Morgan fingerprint density at radius 1 is 1.29 bits per heavy atom. The molecule has 1 aromatic rings. The topological polar surface area (TPSA) is 56.1 Å². The molecule has 0 atom stereocenters. The van der Waals surface area contributed by atoms with Gasteiger partial charge in [0.1, 0.15) is 11.5 Å². The fraction of sp³-hybridized carbons (Fsp3) is 0.300. The van der Waals surface area contributed by atoms with Crippen LogP contribution in [0.5, 0.6) is 11.5 Å². The molecule has 1 aromatic carbocycles. The van der Waals surface area contributed by atoms with Gasteiger partial charge in [0, 0.05) is 6.54 Å². The molecule has 0 aliphatic carbocycles. The molecule has 0 saturated heterocycles. The van der Waals surface area contributed by atoms with Crippen molar-refractivity contribution >= 4 is 6.34 Å². The van der Waals surface area contributed by atoms with Crippen LogP contribution in [0.3, 0.4) is 0 Å². The molecule has 0 fully saturated rings. The van der Waals surface area contributed by atoms with Gasteiger partial charge >= 0.3 is 0 Å². The van der Waals surface area contributed by atoms with Crippen molar-refractivity contribution in [3.05, 3.63) is 23.8 Å². The number of phenols is 2. The van der Waals surface area contributed by atoms with E-state index < -0.39 is 0 Å². The average molecular weight is 192 g/mol. The Hall–Kier alpha value is -1.71. The number of aromatic hydroxyl groups is 2. The molecule has 1 aliphatic heterocycles. The van der Waals surface area contributed by atoms with Gasteiger partial charge in [-0.2, -0.15) is 0 Å². The lowest BCUT2D eigenvalue weighted by Crippen LogP contribution is -2.18. The standard InChI is InChI=1S/C10H12N2O2/c13-9-2-1-3-10(14)8(9)6-12-5-4-11-7-12/h1-3,7,13-14H,4-6H2. The zero-order valence-corrected chi connectivity index (χ0v) is 7.72. The SMILES string of the molecule is Oc1cccc(O)c1CN1C=NCC1. The van der Waals surface area contributed by atoms with Crippen LogP contribution in [0.1, 0.15) is 5.56 Å². The molecule has 4 heteroatoms. The normalized spacial score (nSPS) is 15.0. The summed E-state index contributed by atoms with van der Waals surface area (Å²) in [7, 11) is 0. The van der Waals surface area contributed by atoms with Gasteiger partial charge in [-0.05, 0) is 12.1 Å². The fourth-order valence-electron chi connectivity index (χ4n) is 1.46. The van der Waals surface area contributed by atoms with Gasteiger partial charge in [0.05, 0.1) is 25.0 Å². The molecule has 4 nitrogen and oxygen atoms in total. The Morgan fingerprint density at radius 2 is 2.00 bits per heavy atom. The monoisotopic (exact) mass is 192 g/mol. The van der Waals surface area contributed by atoms with Crippen molar-refractivity contribution in [2.45, 2.75) is 6.54 Å². The molecule has 0 aromatic heterocycles. The van der Waals surface area contributed by atoms with Gasteiger partial charge in [-0.15, -0.1) is 0 Å². The Morgan fingerprint density at radius 3 is 2.57 bits per heavy atom. The maximum Gasteiger partial charge on any atom is 0.124 e. The van der Waals surface area contributed by atoms with Crippen molar-refractivity contribution < 1.29 is 10.2 Å². The maximum atomic E-state index is 9.52. The first-order valence-corrected chi connectivity index (χ1v) is 4.51. The number of nitrogens with zero attached hydrogens (tertiary/aromatic N) is 2. The lowest BCUT2D eigenvalue weighted by molar-refractivity contribution is 0.400. The predicted octanol–water partition coefficient (Wildman–Crippen LogP) is 0.942. The van der Waals surface area contributed by atoms with Gasteiger partial charge < -0.3 is 15.1 Å². The molecule has 0 spiro atoms. The molecule has 0 amide bonds.